The van der Waals surface area contributed by atoms with Gasteiger partial charge in [0.15, 0.2) is 0 Å². The van der Waals surface area contributed by atoms with Gasteiger partial charge >= 0.3 is 18.9 Å². The maximum absolute atomic E-state index is 14.0. The normalized spacial score (nSPS) is 13.5. The van der Waals surface area contributed by atoms with Gasteiger partial charge in [0.2, 0.25) is 0 Å². The zero-order valence-electron chi connectivity index (χ0n) is 23.5. The lowest BCUT2D eigenvalue weighted by Crippen LogP contribution is -2.45. The van der Waals surface area contributed by atoms with Crippen molar-refractivity contribution in [3.05, 3.63) is 113 Å². The van der Waals surface area contributed by atoms with Crippen molar-refractivity contribution in [1.82, 2.24) is 5.32 Å². The minimum absolute atomic E-state index is 0.0403. The molecular formula is C31H21F10NO4. The van der Waals surface area contributed by atoms with Gasteiger partial charge in [0.25, 0.3) is 5.91 Å². The second kappa shape index (κ2) is 12.4. The van der Waals surface area contributed by atoms with Crippen LogP contribution >= 0.6 is 0 Å². The number of ether oxygens (including phenoxy) is 3. The Kier molecular flexibility index (Phi) is 9.18. The van der Waals surface area contributed by atoms with Crippen molar-refractivity contribution in [3.8, 4) is 28.4 Å². The highest BCUT2D eigenvalue weighted by atomic mass is 19.4. The second-order valence-electron chi connectivity index (χ2n) is 9.81. The number of methoxy groups -OCH3 is 1. The number of carbonyl (C=O) groups is 1. The first-order chi connectivity index (χ1) is 21.3. The molecule has 0 fully saturated rings. The van der Waals surface area contributed by atoms with E-state index in [0.717, 1.165) is 36.4 Å². The predicted molar refractivity (Wildman–Crippen MR) is 144 cm³/mol. The number of hydrogen-bond acceptors (Lipinski definition) is 4. The summed E-state index contributed by atoms with van der Waals surface area (Å²) in [7, 11) is 1.28. The summed E-state index contributed by atoms with van der Waals surface area (Å²) in [6.45, 7) is 1.20. The molecule has 0 aromatic heterocycles. The van der Waals surface area contributed by atoms with Crippen LogP contribution in [0.3, 0.4) is 0 Å². The number of rotatable bonds is 8. The van der Waals surface area contributed by atoms with Crippen LogP contribution in [0.4, 0.5) is 43.9 Å². The lowest BCUT2D eigenvalue weighted by molar-refractivity contribution is -0.275. The van der Waals surface area contributed by atoms with Crippen molar-refractivity contribution in [2.75, 3.05) is 7.11 Å². The molecular weight excluding hydrogens is 640 g/mol. The Labute approximate surface area is 254 Å². The highest BCUT2D eigenvalue weighted by molar-refractivity contribution is 5.95. The first-order valence-electron chi connectivity index (χ1n) is 12.9. The quantitative estimate of drug-likeness (QED) is 0.192. The fraction of sp³-hybridized carbons (Fsp3) is 0.194. The number of nitrogens with one attached hydrogen (secondary N) is 1. The molecule has 0 saturated heterocycles. The first kappa shape index (κ1) is 33.9. The third-order valence-corrected chi connectivity index (χ3v) is 6.69. The summed E-state index contributed by atoms with van der Waals surface area (Å²) in [5.41, 5.74) is -5.27. The maximum atomic E-state index is 14.0. The Hall–Kier alpha value is -4.95. The van der Waals surface area contributed by atoms with Crippen LogP contribution in [0.25, 0.3) is 11.1 Å². The molecule has 0 spiro atoms. The van der Waals surface area contributed by atoms with Crippen LogP contribution < -0.4 is 19.5 Å². The Morgan fingerprint density at radius 1 is 0.696 bits per heavy atom. The van der Waals surface area contributed by atoms with Gasteiger partial charge in [-0.15, -0.1) is 26.3 Å². The van der Waals surface area contributed by atoms with Crippen LogP contribution in [0.1, 0.15) is 34.0 Å². The Morgan fingerprint density at radius 3 is 1.96 bits per heavy atom. The Balaban J connectivity index is 2.01. The smallest absolute Gasteiger partial charge is 0.497 e. The van der Waals surface area contributed by atoms with Crippen LogP contribution in [-0.2, 0) is 11.7 Å². The molecule has 0 aliphatic carbocycles. The van der Waals surface area contributed by atoms with E-state index in [1.54, 1.807) is 0 Å². The molecule has 4 aromatic carbocycles. The molecule has 1 amide bonds. The summed E-state index contributed by atoms with van der Waals surface area (Å²) >= 11 is 0. The number of amides is 1. The van der Waals surface area contributed by atoms with E-state index in [2.05, 4.69) is 14.8 Å². The molecule has 0 bridgehead atoms. The number of benzene rings is 4. The predicted octanol–water partition coefficient (Wildman–Crippen LogP) is 9.01. The average molecular weight is 661 g/mol. The number of alkyl halides is 9. The van der Waals surface area contributed by atoms with E-state index in [9.17, 15) is 48.7 Å². The van der Waals surface area contributed by atoms with Gasteiger partial charge in [-0.2, -0.15) is 13.2 Å². The molecule has 0 aliphatic heterocycles. The van der Waals surface area contributed by atoms with Gasteiger partial charge in [-0.05, 0) is 72.1 Å². The molecule has 0 aliphatic rings. The van der Waals surface area contributed by atoms with E-state index in [4.69, 9.17) is 4.74 Å². The average Bonchev–Trinajstić information content (AvgIpc) is 2.95. The molecule has 0 radical (unpaired) electrons. The maximum Gasteiger partial charge on any atom is 0.573 e. The fourth-order valence-corrected chi connectivity index (χ4v) is 4.72. The zero-order chi connectivity index (χ0) is 34.1. The Bertz CT molecular complexity index is 1730. The van der Waals surface area contributed by atoms with E-state index < -0.39 is 58.8 Å². The monoisotopic (exact) mass is 661 g/mol. The summed E-state index contributed by atoms with van der Waals surface area (Å²) < 4.78 is 148. The van der Waals surface area contributed by atoms with Crippen molar-refractivity contribution >= 4 is 5.91 Å². The van der Waals surface area contributed by atoms with Crippen LogP contribution in [0.2, 0.25) is 0 Å². The summed E-state index contributed by atoms with van der Waals surface area (Å²) in [6.07, 6.45) is -15.6. The minimum Gasteiger partial charge on any atom is -0.497 e. The molecule has 46 heavy (non-hydrogen) atoms. The first-order valence-corrected chi connectivity index (χ1v) is 12.9. The lowest BCUT2D eigenvalue weighted by atomic mass is 9.79. The molecule has 4 rings (SSSR count). The van der Waals surface area contributed by atoms with Crippen LogP contribution in [0, 0.1) is 5.82 Å². The summed E-state index contributed by atoms with van der Waals surface area (Å²) in [5.74, 6) is -4.35. The van der Waals surface area contributed by atoms with Crippen LogP contribution in [-0.4, -0.2) is 25.7 Å². The van der Waals surface area contributed by atoms with E-state index in [1.165, 1.54) is 50.4 Å². The molecule has 4 aromatic rings. The van der Waals surface area contributed by atoms with Crippen molar-refractivity contribution in [2.24, 2.45) is 0 Å². The van der Waals surface area contributed by atoms with Gasteiger partial charge in [0, 0.05) is 11.1 Å². The van der Waals surface area contributed by atoms with Gasteiger partial charge < -0.3 is 19.5 Å². The second-order valence-corrected chi connectivity index (χ2v) is 9.81. The summed E-state index contributed by atoms with van der Waals surface area (Å²) in [6, 6.07) is 14.3. The summed E-state index contributed by atoms with van der Waals surface area (Å²) in [4.78, 5) is 13.5. The molecule has 1 atom stereocenters. The molecule has 5 nitrogen and oxygen atoms in total. The van der Waals surface area contributed by atoms with E-state index in [0.29, 0.717) is 6.07 Å². The van der Waals surface area contributed by atoms with E-state index in [-0.39, 0.29) is 34.1 Å². The topological polar surface area (TPSA) is 56.8 Å². The highest BCUT2D eigenvalue weighted by Crippen LogP contribution is 2.45. The van der Waals surface area contributed by atoms with Crippen molar-refractivity contribution in [1.29, 1.82) is 0 Å². The zero-order valence-corrected chi connectivity index (χ0v) is 23.5. The molecule has 244 valence electrons. The lowest BCUT2D eigenvalue weighted by Gasteiger charge is -2.35. The molecule has 15 heteroatoms. The molecule has 0 saturated carbocycles. The van der Waals surface area contributed by atoms with E-state index in [1.807, 2.05) is 0 Å². The van der Waals surface area contributed by atoms with Crippen LogP contribution in [0.5, 0.6) is 17.2 Å². The third-order valence-electron chi connectivity index (χ3n) is 6.69. The van der Waals surface area contributed by atoms with Crippen molar-refractivity contribution < 1.29 is 62.9 Å². The molecule has 1 N–H and O–H groups in total. The molecule has 0 heterocycles. The molecule has 1 unspecified atom stereocenters. The van der Waals surface area contributed by atoms with Crippen molar-refractivity contribution in [3.63, 3.8) is 0 Å². The SMILES string of the molecule is COc1cccc(-c2c(OC(F)(F)F)cccc2C(C)(NC(=O)c2ccc(F)c(C(F)(F)F)c2)c2cccc(OC(F)(F)F)c2)c1. The number of hydrogen-bond donors (Lipinski definition) is 1. The number of halogens is 10. The van der Waals surface area contributed by atoms with Gasteiger partial charge in [0.05, 0.1) is 18.2 Å². The number of carbonyl (C=O) groups excluding carboxylic acids is 1. The Morgan fingerprint density at radius 2 is 1.33 bits per heavy atom. The third kappa shape index (κ3) is 7.82. The fourth-order valence-electron chi connectivity index (χ4n) is 4.72. The standard InChI is InChI=1S/C31H21F10NO4/c1-28(19-7-4-9-21(16-19)45-30(36,37)38,42-27(43)18-12-13-24(32)23(15-18)29(33,34)35)22-10-5-11-25(46-31(39,40)41)26(22)17-6-3-8-20(14-17)44-2/h3-16H,1-2H3,(H,42,43). The van der Waals surface area contributed by atoms with Gasteiger partial charge in [-0.3, -0.25) is 4.79 Å². The van der Waals surface area contributed by atoms with Gasteiger partial charge in [-0.1, -0.05) is 36.4 Å². The highest BCUT2D eigenvalue weighted by Gasteiger charge is 2.40. The van der Waals surface area contributed by atoms with Gasteiger partial charge in [-0.25, -0.2) is 4.39 Å². The van der Waals surface area contributed by atoms with Gasteiger partial charge in [0.1, 0.15) is 23.1 Å². The minimum atomic E-state index is -5.23. The summed E-state index contributed by atoms with van der Waals surface area (Å²) in [5, 5.41) is 2.43. The largest absolute Gasteiger partial charge is 0.573 e. The van der Waals surface area contributed by atoms with E-state index >= 15 is 0 Å². The van der Waals surface area contributed by atoms with Crippen molar-refractivity contribution in [2.45, 2.75) is 31.4 Å². The van der Waals surface area contributed by atoms with Crippen LogP contribution in [0.15, 0.2) is 84.9 Å².